The summed E-state index contributed by atoms with van der Waals surface area (Å²) in [4.78, 5) is 16.8. The number of hydrogen-bond acceptors (Lipinski definition) is 4. The number of fused-ring (bicyclic) bond motifs is 1. The van der Waals surface area contributed by atoms with Crippen LogP contribution in [-0.4, -0.2) is 32.5 Å². The van der Waals surface area contributed by atoms with Gasteiger partial charge < -0.3 is 5.32 Å². The van der Waals surface area contributed by atoms with Crippen LogP contribution in [0.2, 0.25) is 0 Å². The standard InChI is InChI=1S/C17H18N4OS/c1-11-9-14-18-12(2)16(13-7-5-4-6-8-13)17(21(14)20-11)19-15(22)10-23-3/h4-9H,10H2,1-3H3,(H,19,22). The van der Waals surface area contributed by atoms with E-state index in [-0.39, 0.29) is 5.91 Å². The number of thioether (sulfide) groups is 1. The zero-order chi connectivity index (χ0) is 16.4. The van der Waals surface area contributed by atoms with Gasteiger partial charge in [-0.25, -0.2) is 4.98 Å². The average Bonchev–Trinajstić information content (AvgIpc) is 2.88. The molecule has 0 fully saturated rings. The van der Waals surface area contributed by atoms with Crippen LogP contribution in [0.3, 0.4) is 0 Å². The topological polar surface area (TPSA) is 59.3 Å². The normalized spacial score (nSPS) is 10.9. The zero-order valence-electron chi connectivity index (χ0n) is 13.3. The van der Waals surface area contributed by atoms with Gasteiger partial charge in [0.2, 0.25) is 5.91 Å². The van der Waals surface area contributed by atoms with Crippen LogP contribution in [0.15, 0.2) is 36.4 Å². The number of benzene rings is 1. The molecule has 6 heteroatoms. The molecule has 0 atom stereocenters. The van der Waals surface area contributed by atoms with Crippen molar-refractivity contribution in [3.05, 3.63) is 47.8 Å². The maximum Gasteiger partial charge on any atom is 0.235 e. The molecule has 2 aromatic heterocycles. The number of hydrogen-bond donors (Lipinski definition) is 1. The molecule has 1 N–H and O–H groups in total. The third-order valence-electron chi connectivity index (χ3n) is 3.50. The monoisotopic (exact) mass is 326 g/mol. The Kier molecular flexibility index (Phi) is 4.34. The molecule has 3 rings (SSSR count). The van der Waals surface area contributed by atoms with Gasteiger partial charge in [-0.1, -0.05) is 30.3 Å². The molecule has 0 saturated carbocycles. The highest BCUT2D eigenvalue weighted by Gasteiger charge is 2.17. The van der Waals surface area contributed by atoms with E-state index in [0.29, 0.717) is 11.6 Å². The summed E-state index contributed by atoms with van der Waals surface area (Å²) in [6.07, 6.45) is 1.91. The van der Waals surface area contributed by atoms with Crippen LogP contribution in [0.25, 0.3) is 16.8 Å². The van der Waals surface area contributed by atoms with Gasteiger partial charge in [0.05, 0.1) is 17.1 Å². The number of carbonyl (C=O) groups excluding carboxylic acids is 1. The fraction of sp³-hybridized carbons (Fsp3) is 0.235. The fourth-order valence-electron chi connectivity index (χ4n) is 2.60. The minimum Gasteiger partial charge on any atom is -0.309 e. The highest BCUT2D eigenvalue weighted by atomic mass is 32.2. The van der Waals surface area contributed by atoms with Crippen molar-refractivity contribution in [2.24, 2.45) is 0 Å². The zero-order valence-corrected chi connectivity index (χ0v) is 14.1. The van der Waals surface area contributed by atoms with E-state index >= 15 is 0 Å². The maximum atomic E-state index is 12.2. The van der Waals surface area contributed by atoms with Crippen LogP contribution in [0.1, 0.15) is 11.4 Å². The van der Waals surface area contributed by atoms with Gasteiger partial charge in [-0.2, -0.15) is 21.4 Å². The van der Waals surface area contributed by atoms with Gasteiger partial charge in [0, 0.05) is 11.6 Å². The second kappa shape index (κ2) is 6.42. The van der Waals surface area contributed by atoms with Gasteiger partial charge in [0.1, 0.15) is 5.82 Å². The van der Waals surface area contributed by atoms with Crippen molar-refractivity contribution >= 4 is 29.1 Å². The molecule has 0 spiro atoms. The Bertz CT molecular complexity index is 858. The number of aromatic nitrogens is 3. The maximum absolute atomic E-state index is 12.2. The van der Waals surface area contributed by atoms with Gasteiger partial charge in [0.25, 0.3) is 0 Å². The SMILES string of the molecule is CSCC(=O)Nc1c(-c2ccccc2)c(C)nc2cc(C)nn12. The fourth-order valence-corrected chi connectivity index (χ4v) is 2.93. The lowest BCUT2D eigenvalue weighted by Crippen LogP contribution is -2.18. The molecule has 0 aliphatic heterocycles. The van der Waals surface area contributed by atoms with E-state index in [0.717, 1.165) is 28.2 Å². The lowest BCUT2D eigenvalue weighted by atomic mass is 10.0. The van der Waals surface area contributed by atoms with Gasteiger partial charge in [-0.15, -0.1) is 0 Å². The van der Waals surface area contributed by atoms with Gasteiger partial charge in [-0.05, 0) is 25.7 Å². The molecule has 0 bridgehead atoms. The highest BCUT2D eigenvalue weighted by Crippen LogP contribution is 2.31. The molecule has 0 radical (unpaired) electrons. The Morgan fingerprint density at radius 2 is 2.00 bits per heavy atom. The van der Waals surface area contributed by atoms with Gasteiger partial charge in [0.15, 0.2) is 5.65 Å². The second-order valence-corrected chi connectivity index (χ2v) is 6.19. The van der Waals surface area contributed by atoms with Gasteiger partial charge in [-0.3, -0.25) is 4.79 Å². The van der Waals surface area contributed by atoms with E-state index in [9.17, 15) is 4.79 Å². The van der Waals surface area contributed by atoms with E-state index in [4.69, 9.17) is 0 Å². The minimum absolute atomic E-state index is 0.0465. The molecule has 0 aliphatic carbocycles. The quantitative estimate of drug-likeness (QED) is 0.799. The van der Waals surface area contributed by atoms with Crippen molar-refractivity contribution in [2.45, 2.75) is 13.8 Å². The molecule has 2 heterocycles. The molecule has 5 nitrogen and oxygen atoms in total. The van der Waals surface area contributed by atoms with Crippen molar-refractivity contribution in [1.29, 1.82) is 0 Å². The van der Waals surface area contributed by atoms with Crippen LogP contribution in [0.4, 0.5) is 5.82 Å². The largest absolute Gasteiger partial charge is 0.309 e. The van der Waals surface area contributed by atoms with Crippen molar-refractivity contribution in [3.8, 4) is 11.1 Å². The van der Waals surface area contributed by atoms with Crippen LogP contribution in [-0.2, 0) is 4.79 Å². The Hall–Kier alpha value is -2.34. The predicted octanol–water partition coefficient (Wildman–Crippen LogP) is 3.31. The third kappa shape index (κ3) is 3.07. The summed E-state index contributed by atoms with van der Waals surface area (Å²) < 4.78 is 1.71. The van der Waals surface area contributed by atoms with Crippen molar-refractivity contribution < 1.29 is 4.79 Å². The molecule has 1 amide bonds. The number of anilines is 1. The Morgan fingerprint density at radius 1 is 1.26 bits per heavy atom. The highest BCUT2D eigenvalue weighted by molar-refractivity contribution is 7.99. The molecule has 3 aromatic rings. The first-order chi connectivity index (χ1) is 11.1. The number of nitrogens with one attached hydrogen (secondary N) is 1. The number of amides is 1. The molecule has 1 aromatic carbocycles. The van der Waals surface area contributed by atoms with E-state index in [1.807, 2.05) is 56.5 Å². The minimum atomic E-state index is -0.0465. The predicted molar refractivity (Wildman–Crippen MR) is 94.9 cm³/mol. The van der Waals surface area contributed by atoms with Crippen molar-refractivity contribution in [3.63, 3.8) is 0 Å². The Labute approximate surface area is 139 Å². The summed E-state index contributed by atoms with van der Waals surface area (Å²) in [6.45, 7) is 3.87. The first-order valence-corrected chi connectivity index (χ1v) is 8.70. The van der Waals surface area contributed by atoms with E-state index < -0.39 is 0 Å². The third-order valence-corrected chi connectivity index (χ3v) is 4.05. The number of nitrogens with zero attached hydrogens (tertiary/aromatic N) is 3. The summed E-state index contributed by atoms with van der Waals surface area (Å²) in [5.74, 6) is 1.03. The molecule has 118 valence electrons. The average molecular weight is 326 g/mol. The van der Waals surface area contributed by atoms with Crippen LogP contribution in [0.5, 0.6) is 0 Å². The smallest absolute Gasteiger partial charge is 0.235 e. The lowest BCUT2D eigenvalue weighted by Gasteiger charge is -2.15. The summed E-state index contributed by atoms with van der Waals surface area (Å²) in [5, 5.41) is 7.49. The molecule has 23 heavy (non-hydrogen) atoms. The molecule has 0 saturated heterocycles. The summed E-state index contributed by atoms with van der Waals surface area (Å²) in [6, 6.07) is 11.8. The first kappa shape index (κ1) is 15.6. The molecule has 0 aliphatic rings. The number of rotatable bonds is 4. The molecular weight excluding hydrogens is 308 g/mol. The van der Waals surface area contributed by atoms with Crippen molar-refractivity contribution in [2.75, 3.05) is 17.3 Å². The van der Waals surface area contributed by atoms with Crippen LogP contribution < -0.4 is 5.32 Å². The summed E-state index contributed by atoms with van der Waals surface area (Å²) in [5.41, 5.74) is 4.37. The first-order valence-electron chi connectivity index (χ1n) is 7.31. The van der Waals surface area contributed by atoms with Crippen LogP contribution >= 0.6 is 11.8 Å². The second-order valence-electron chi connectivity index (χ2n) is 5.32. The van der Waals surface area contributed by atoms with E-state index in [1.54, 1.807) is 4.52 Å². The van der Waals surface area contributed by atoms with E-state index in [1.165, 1.54) is 11.8 Å². The number of carbonyl (C=O) groups is 1. The molecule has 0 unspecified atom stereocenters. The van der Waals surface area contributed by atoms with Crippen molar-refractivity contribution in [1.82, 2.24) is 14.6 Å². The van der Waals surface area contributed by atoms with Crippen LogP contribution in [0, 0.1) is 13.8 Å². The molecular formula is C17H18N4OS. The Morgan fingerprint density at radius 3 is 2.70 bits per heavy atom. The summed E-state index contributed by atoms with van der Waals surface area (Å²) >= 11 is 1.49. The Balaban J connectivity index is 2.24. The summed E-state index contributed by atoms with van der Waals surface area (Å²) in [7, 11) is 0. The van der Waals surface area contributed by atoms with E-state index in [2.05, 4.69) is 15.4 Å². The van der Waals surface area contributed by atoms with Gasteiger partial charge >= 0.3 is 0 Å². The number of aryl methyl sites for hydroxylation is 2. The lowest BCUT2D eigenvalue weighted by molar-refractivity contribution is -0.113.